The summed E-state index contributed by atoms with van der Waals surface area (Å²) in [4.78, 5) is 25.1. The van der Waals surface area contributed by atoms with Crippen LogP contribution in [0.5, 0.6) is 0 Å². The van der Waals surface area contributed by atoms with Gasteiger partial charge in [0.1, 0.15) is 4.21 Å². The number of nitrogens with zero attached hydrogens (tertiary/aromatic N) is 1. The van der Waals surface area contributed by atoms with E-state index < -0.39 is 22.1 Å². The van der Waals surface area contributed by atoms with E-state index in [0.717, 1.165) is 0 Å². The molecule has 2 heterocycles. The molecular formula is C14H22N4O4S2. The summed E-state index contributed by atoms with van der Waals surface area (Å²) < 4.78 is 27.5. The summed E-state index contributed by atoms with van der Waals surface area (Å²) >= 11 is 1.18. The van der Waals surface area contributed by atoms with Gasteiger partial charge in [0.2, 0.25) is 15.9 Å². The molecule has 0 aromatic carbocycles. The molecule has 3 N–H and O–H groups in total. The molecule has 2 rings (SSSR count). The van der Waals surface area contributed by atoms with Gasteiger partial charge < -0.3 is 5.32 Å². The van der Waals surface area contributed by atoms with Crippen LogP contribution < -0.4 is 15.4 Å². The van der Waals surface area contributed by atoms with Crippen molar-refractivity contribution in [3.8, 4) is 0 Å². The molecule has 1 atom stereocenters. The van der Waals surface area contributed by atoms with Crippen LogP contribution >= 0.6 is 11.3 Å². The van der Waals surface area contributed by atoms with E-state index in [9.17, 15) is 18.0 Å². The zero-order valence-corrected chi connectivity index (χ0v) is 15.2. The van der Waals surface area contributed by atoms with Crippen LogP contribution in [0.2, 0.25) is 0 Å². The Morgan fingerprint density at radius 1 is 1.33 bits per heavy atom. The van der Waals surface area contributed by atoms with Crippen molar-refractivity contribution in [3.63, 3.8) is 0 Å². The molecule has 1 aromatic rings. The van der Waals surface area contributed by atoms with Gasteiger partial charge in [0.25, 0.3) is 0 Å². The minimum Gasteiger partial charge on any atom is -0.341 e. The van der Waals surface area contributed by atoms with Gasteiger partial charge >= 0.3 is 6.03 Å². The molecule has 1 aliphatic rings. The number of sulfonamides is 1. The third kappa shape index (κ3) is 4.76. The van der Waals surface area contributed by atoms with Gasteiger partial charge in [-0.2, -0.15) is 0 Å². The number of likely N-dealkylation sites (tertiary alicyclic amines) is 1. The first-order valence-corrected chi connectivity index (χ1v) is 10.0. The van der Waals surface area contributed by atoms with Crippen molar-refractivity contribution in [3.05, 3.63) is 17.5 Å². The molecule has 134 valence electrons. The van der Waals surface area contributed by atoms with E-state index in [-0.39, 0.29) is 11.9 Å². The highest BCUT2D eigenvalue weighted by molar-refractivity contribution is 7.91. The Labute approximate surface area is 145 Å². The first kappa shape index (κ1) is 18.8. The number of nitrogens with one attached hydrogen (secondary N) is 3. The van der Waals surface area contributed by atoms with Crippen LogP contribution in [0.15, 0.2) is 21.7 Å². The van der Waals surface area contributed by atoms with Gasteiger partial charge in [-0.15, -0.1) is 11.3 Å². The van der Waals surface area contributed by atoms with E-state index in [1.165, 1.54) is 18.4 Å². The third-order valence-corrected chi connectivity index (χ3v) is 6.92. The SMILES string of the molecule is CNC(=O)NC(=O)C(C)N1CCC(NS(=O)(=O)c2cccs2)CC1. The minimum absolute atomic E-state index is 0.150. The number of urea groups is 1. The van der Waals surface area contributed by atoms with Crippen LogP contribution in [0.4, 0.5) is 4.79 Å². The Kier molecular flexibility index (Phi) is 6.33. The van der Waals surface area contributed by atoms with Gasteiger partial charge in [0.05, 0.1) is 6.04 Å². The standard InChI is InChI=1S/C14H22N4O4S2/c1-10(13(19)16-14(20)15-2)18-7-5-11(6-8-18)17-24(21,22)12-4-3-9-23-12/h3-4,9-11,17H,5-8H2,1-2H3,(H2,15,16,19,20). The van der Waals surface area contributed by atoms with Crippen molar-refractivity contribution in [2.24, 2.45) is 0 Å². The second-order valence-electron chi connectivity index (χ2n) is 5.61. The van der Waals surface area contributed by atoms with Crippen LogP contribution in [-0.2, 0) is 14.8 Å². The van der Waals surface area contributed by atoms with Crippen molar-refractivity contribution in [1.29, 1.82) is 0 Å². The maximum absolute atomic E-state index is 12.2. The molecule has 0 saturated carbocycles. The second kappa shape index (κ2) is 8.06. The molecule has 1 aliphatic heterocycles. The quantitative estimate of drug-likeness (QED) is 0.689. The summed E-state index contributed by atoms with van der Waals surface area (Å²) in [6, 6.07) is 2.15. The highest BCUT2D eigenvalue weighted by Crippen LogP contribution is 2.19. The van der Waals surface area contributed by atoms with Crippen LogP contribution in [-0.4, -0.2) is 57.5 Å². The third-order valence-electron chi connectivity index (χ3n) is 4.00. The lowest BCUT2D eigenvalue weighted by atomic mass is 10.0. The van der Waals surface area contributed by atoms with Crippen molar-refractivity contribution < 1.29 is 18.0 Å². The molecule has 1 aromatic heterocycles. The largest absolute Gasteiger partial charge is 0.341 e. The summed E-state index contributed by atoms with van der Waals surface area (Å²) in [7, 11) is -2.03. The van der Waals surface area contributed by atoms with Crippen LogP contribution in [0, 0.1) is 0 Å². The van der Waals surface area contributed by atoms with Gasteiger partial charge in [-0.1, -0.05) is 6.07 Å². The smallest absolute Gasteiger partial charge is 0.321 e. The van der Waals surface area contributed by atoms with Crippen LogP contribution in [0.3, 0.4) is 0 Å². The fraction of sp³-hybridized carbons (Fsp3) is 0.571. The number of amides is 3. The first-order chi connectivity index (χ1) is 11.3. The molecule has 1 unspecified atom stereocenters. The molecule has 8 nitrogen and oxygen atoms in total. The minimum atomic E-state index is -3.47. The predicted octanol–water partition coefficient (Wildman–Crippen LogP) is 0.335. The number of hydrogen-bond donors (Lipinski definition) is 3. The lowest BCUT2D eigenvalue weighted by Gasteiger charge is -2.35. The molecule has 1 saturated heterocycles. The molecule has 0 bridgehead atoms. The van der Waals surface area contributed by atoms with Gasteiger partial charge in [0, 0.05) is 26.2 Å². The van der Waals surface area contributed by atoms with E-state index >= 15 is 0 Å². The zero-order chi connectivity index (χ0) is 17.7. The Hall–Kier alpha value is -1.49. The average Bonchev–Trinajstić information content (AvgIpc) is 3.09. The molecule has 0 aliphatic carbocycles. The van der Waals surface area contributed by atoms with Crippen molar-refractivity contribution >= 4 is 33.3 Å². The molecule has 10 heteroatoms. The highest BCUT2D eigenvalue weighted by atomic mass is 32.2. The molecular weight excluding hydrogens is 352 g/mol. The Morgan fingerprint density at radius 2 is 2.00 bits per heavy atom. The van der Waals surface area contributed by atoms with Crippen molar-refractivity contribution in [1.82, 2.24) is 20.3 Å². The molecule has 0 spiro atoms. The van der Waals surface area contributed by atoms with E-state index in [1.807, 2.05) is 4.90 Å². The summed E-state index contributed by atoms with van der Waals surface area (Å²) in [6.07, 6.45) is 1.23. The van der Waals surface area contributed by atoms with E-state index in [1.54, 1.807) is 24.4 Å². The summed E-state index contributed by atoms with van der Waals surface area (Å²) in [5.74, 6) is -0.369. The van der Waals surface area contributed by atoms with Gasteiger partial charge in [-0.25, -0.2) is 17.9 Å². The summed E-state index contributed by atoms with van der Waals surface area (Å²) in [6.45, 7) is 2.90. The van der Waals surface area contributed by atoms with E-state index in [2.05, 4.69) is 15.4 Å². The summed E-state index contributed by atoms with van der Waals surface area (Å²) in [5.41, 5.74) is 0. The Bertz CT molecular complexity index is 667. The van der Waals surface area contributed by atoms with Gasteiger partial charge in [-0.05, 0) is 31.2 Å². The monoisotopic (exact) mass is 374 g/mol. The predicted molar refractivity (Wildman–Crippen MR) is 91.3 cm³/mol. The maximum atomic E-state index is 12.2. The lowest BCUT2D eigenvalue weighted by molar-refractivity contribution is -0.125. The maximum Gasteiger partial charge on any atom is 0.321 e. The average molecular weight is 374 g/mol. The topological polar surface area (TPSA) is 108 Å². The number of hydrogen-bond acceptors (Lipinski definition) is 6. The van der Waals surface area contributed by atoms with E-state index in [0.29, 0.717) is 30.1 Å². The first-order valence-electron chi connectivity index (χ1n) is 7.66. The second-order valence-corrected chi connectivity index (χ2v) is 8.50. The molecule has 3 amide bonds. The number of imide groups is 1. The van der Waals surface area contributed by atoms with E-state index in [4.69, 9.17) is 0 Å². The van der Waals surface area contributed by atoms with Crippen molar-refractivity contribution in [2.45, 2.75) is 36.1 Å². The molecule has 1 fully saturated rings. The number of thiophene rings is 1. The summed E-state index contributed by atoms with van der Waals surface area (Å²) in [5, 5.41) is 6.31. The number of carbonyl (C=O) groups excluding carboxylic acids is 2. The van der Waals surface area contributed by atoms with Crippen molar-refractivity contribution in [2.75, 3.05) is 20.1 Å². The number of rotatable bonds is 5. The number of carbonyl (C=O) groups is 2. The molecule has 0 radical (unpaired) electrons. The zero-order valence-electron chi connectivity index (χ0n) is 13.6. The highest BCUT2D eigenvalue weighted by Gasteiger charge is 2.29. The fourth-order valence-corrected chi connectivity index (χ4v) is 4.86. The number of piperidine rings is 1. The lowest BCUT2D eigenvalue weighted by Crippen LogP contribution is -2.53. The Balaban J connectivity index is 1.85. The normalized spacial score (nSPS) is 18.1. The molecule has 24 heavy (non-hydrogen) atoms. The van der Waals surface area contributed by atoms with Gasteiger partial charge in [-0.3, -0.25) is 15.0 Å². The Morgan fingerprint density at radius 3 is 2.54 bits per heavy atom. The van der Waals surface area contributed by atoms with Crippen LogP contribution in [0.1, 0.15) is 19.8 Å². The fourth-order valence-electron chi connectivity index (χ4n) is 2.54. The van der Waals surface area contributed by atoms with Gasteiger partial charge in [0.15, 0.2) is 0 Å². The van der Waals surface area contributed by atoms with Crippen LogP contribution in [0.25, 0.3) is 0 Å².